The van der Waals surface area contributed by atoms with E-state index in [4.69, 9.17) is 9.47 Å². The first-order valence-electron chi connectivity index (χ1n) is 13.8. The van der Waals surface area contributed by atoms with Crippen LogP contribution >= 0.6 is 0 Å². The second kappa shape index (κ2) is 9.10. The van der Waals surface area contributed by atoms with E-state index in [0.717, 1.165) is 30.9 Å². The third-order valence-electron chi connectivity index (χ3n) is 9.78. The summed E-state index contributed by atoms with van der Waals surface area (Å²) in [6, 6.07) is 14.7. The number of nitrogens with one attached hydrogen (secondary N) is 1. The molecule has 1 saturated heterocycles. The van der Waals surface area contributed by atoms with E-state index in [-0.39, 0.29) is 18.5 Å². The Bertz CT molecular complexity index is 1330. The lowest BCUT2D eigenvalue weighted by molar-refractivity contribution is -0.216. The van der Waals surface area contributed by atoms with Crippen LogP contribution in [0.5, 0.6) is 5.75 Å². The fourth-order valence-electron chi connectivity index (χ4n) is 8.56. The van der Waals surface area contributed by atoms with Gasteiger partial charge in [0.15, 0.2) is 0 Å². The van der Waals surface area contributed by atoms with E-state index in [2.05, 4.69) is 40.3 Å². The van der Waals surface area contributed by atoms with Crippen LogP contribution < -0.4 is 15.0 Å². The van der Waals surface area contributed by atoms with Gasteiger partial charge in [0.2, 0.25) is 0 Å². The van der Waals surface area contributed by atoms with E-state index in [9.17, 15) is 14.7 Å². The Morgan fingerprint density at radius 2 is 1.92 bits per heavy atom. The maximum absolute atomic E-state index is 13.2. The summed E-state index contributed by atoms with van der Waals surface area (Å²) in [4.78, 5) is 30.5. The number of amides is 1. The number of carbonyl (C=O) groups is 2. The van der Waals surface area contributed by atoms with Crippen molar-refractivity contribution in [1.29, 1.82) is 0 Å². The highest BCUT2D eigenvalue weighted by Gasteiger charge is 2.77. The Morgan fingerprint density at radius 1 is 1.15 bits per heavy atom. The molecule has 3 aliphatic heterocycles. The van der Waals surface area contributed by atoms with Crippen LogP contribution in [0.15, 0.2) is 60.7 Å². The molecule has 0 bridgehead atoms. The highest BCUT2D eigenvalue weighted by molar-refractivity contribution is 5.94. The first-order valence-corrected chi connectivity index (χ1v) is 13.8. The van der Waals surface area contributed by atoms with Crippen molar-refractivity contribution in [2.75, 3.05) is 38.7 Å². The molecule has 2 aromatic carbocycles. The minimum atomic E-state index is -1.60. The number of anilines is 1. The van der Waals surface area contributed by atoms with Crippen molar-refractivity contribution in [1.82, 2.24) is 10.2 Å². The molecule has 2 fully saturated rings. The average Bonchev–Trinajstić information content (AvgIpc) is 3.46. The minimum absolute atomic E-state index is 0.0107. The molecule has 1 spiro atoms. The molecule has 8 nitrogen and oxygen atoms in total. The zero-order chi connectivity index (χ0) is 27.6. The second-order valence-corrected chi connectivity index (χ2v) is 11.5. The van der Waals surface area contributed by atoms with Crippen molar-refractivity contribution >= 4 is 17.6 Å². The molecule has 1 aliphatic carbocycles. The van der Waals surface area contributed by atoms with Gasteiger partial charge in [0, 0.05) is 54.7 Å². The van der Waals surface area contributed by atoms with Crippen LogP contribution in [0.4, 0.5) is 5.69 Å². The number of hydrogen-bond donors (Lipinski definition) is 2. The van der Waals surface area contributed by atoms with Gasteiger partial charge in [0.1, 0.15) is 17.5 Å². The van der Waals surface area contributed by atoms with E-state index in [0.29, 0.717) is 12.0 Å². The SMILES string of the molecule is CC[C@]12C=CCN3CC[C@@]4(c5ccc(OC)cc5N(C)[C@H]4[C@@](O)(CNC(=O)c4ccccc4)[C@@H]1OC(C)=O)C32. The molecule has 0 aromatic heterocycles. The fourth-order valence-corrected chi connectivity index (χ4v) is 8.56. The first-order chi connectivity index (χ1) is 18.7. The lowest BCUT2D eigenvalue weighted by atomic mass is 9.47. The van der Waals surface area contributed by atoms with Crippen LogP contribution in [0.25, 0.3) is 0 Å². The Hall–Kier alpha value is -3.36. The zero-order valence-corrected chi connectivity index (χ0v) is 23.0. The molecule has 1 amide bonds. The molecule has 39 heavy (non-hydrogen) atoms. The predicted molar refractivity (Wildman–Crippen MR) is 148 cm³/mol. The molecule has 1 saturated carbocycles. The summed E-state index contributed by atoms with van der Waals surface area (Å²) in [6.07, 6.45) is 4.96. The largest absolute Gasteiger partial charge is 0.497 e. The predicted octanol–water partition coefficient (Wildman–Crippen LogP) is 2.90. The first kappa shape index (κ1) is 25.9. The quantitative estimate of drug-likeness (QED) is 0.438. The molecule has 206 valence electrons. The lowest BCUT2D eigenvalue weighted by Crippen LogP contribution is -2.81. The molecule has 1 unspecified atom stereocenters. The molecule has 4 aliphatic rings. The number of nitrogens with zero attached hydrogens (tertiary/aromatic N) is 2. The number of hydrogen-bond acceptors (Lipinski definition) is 7. The molecule has 0 radical (unpaired) electrons. The number of methoxy groups -OCH3 is 1. The fraction of sp³-hybridized carbons (Fsp3) is 0.484. The molecular weight excluding hydrogens is 494 g/mol. The highest BCUT2D eigenvalue weighted by atomic mass is 16.6. The van der Waals surface area contributed by atoms with Crippen molar-refractivity contribution in [2.45, 2.75) is 55.9 Å². The van der Waals surface area contributed by atoms with Crippen molar-refractivity contribution in [3.8, 4) is 5.75 Å². The second-order valence-electron chi connectivity index (χ2n) is 11.5. The Labute approximate surface area is 229 Å². The van der Waals surface area contributed by atoms with Gasteiger partial charge in [-0.05, 0) is 43.1 Å². The summed E-state index contributed by atoms with van der Waals surface area (Å²) in [5.74, 6) is 0.0177. The summed E-state index contributed by atoms with van der Waals surface area (Å²) in [7, 11) is 3.65. The maximum atomic E-state index is 13.2. The Balaban J connectivity index is 1.55. The van der Waals surface area contributed by atoms with Crippen molar-refractivity contribution in [2.24, 2.45) is 5.41 Å². The van der Waals surface area contributed by atoms with E-state index in [1.54, 1.807) is 19.2 Å². The monoisotopic (exact) mass is 531 g/mol. The lowest BCUT2D eigenvalue weighted by Gasteiger charge is -2.64. The molecule has 2 aromatic rings. The number of likely N-dealkylation sites (N-methyl/N-ethyl adjacent to an activating group) is 1. The molecule has 2 N–H and O–H groups in total. The normalized spacial score (nSPS) is 34.2. The molecule has 6 atom stereocenters. The van der Waals surface area contributed by atoms with Gasteiger partial charge in [0.25, 0.3) is 5.91 Å². The number of rotatable bonds is 6. The maximum Gasteiger partial charge on any atom is 0.303 e. The number of carbonyl (C=O) groups excluding carboxylic acids is 2. The van der Waals surface area contributed by atoms with Gasteiger partial charge in [-0.2, -0.15) is 0 Å². The molecule has 6 rings (SSSR count). The zero-order valence-electron chi connectivity index (χ0n) is 23.0. The highest BCUT2D eigenvalue weighted by Crippen LogP contribution is 2.67. The number of esters is 1. The third-order valence-corrected chi connectivity index (χ3v) is 9.78. The molecule has 3 heterocycles. The van der Waals surface area contributed by atoms with E-state index < -0.39 is 34.5 Å². The van der Waals surface area contributed by atoms with Crippen LogP contribution in [0, 0.1) is 5.41 Å². The average molecular weight is 532 g/mol. The number of ether oxygens (including phenoxy) is 2. The summed E-state index contributed by atoms with van der Waals surface area (Å²) in [5.41, 5.74) is -0.00831. The van der Waals surface area contributed by atoms with E-state index in [1.807, 2.05) is 37.4 Å². The van der Waals surface area contributed by atoms with Crippen molar-refractivity contribution in [3.63, 3.8) is 0 Å². The van der Waals surface area contributed by atoms with E-state index in [1.165, 1.54) is 12.5 Å². The number of fused-ring (bicyclic) bond motifs is 1. The van der Waals surface area contributed by atoms with Crippen LogP contribution in [-0.2, 0) is 14.9 Å². The Morgan fingerprint density at radius 3 is 2.62 bits per heavy atom. The Kier molecular flexibility index (Phi) is 6.04. The minimum Gasteiger partial charge on any atom is -0.497 e. The van der Waals surface area contributed by atoms with Crippen molar-refractivity contribution in [3.05, 3.63) is 71.8 Å². The van der Waals surface area contributed by atoms with Crippen LogP contribution in [0.1, 0.15) is 42.6 Å². The number of aliphatic hydroxyl groups is 1. The smallest absolute Gasteiger partial charge is 0.303 e. The topological polar surface area (TPSA) is 91.3 Å². The van der Waals surface area contributed by atoms with Gasteiger partial charge in [-0.3, -0.25) is 14.5 Å². The third kappa shape index (κ3) is 3.44. The van der Waals surface area contributed by atoms with Crippen LogP contribution in [0.2, 0.25) is 0 Å². The standard InChI is InChI=1S/C31H37N3O5/c1-5-29-14-9-16-34-17-15-30(26(29)34)23-13-12-22(38-4)18-24(23)33(3)27(30)31(37,28(29)39-20(2)35)19-32-25(36)21-10-7-6-8-11-21/h6-14,18,26-28,37H,5,15-17,19H2,1-4H3,(H,32,36)/t26?,27-,28-,29-,30-,31+/m1/s1. The van der Waals surface area contributed by atoms with Crippen LogP contribution in [-0.4, -0.2) is 79.5 Å². The van der Waals surface area contributed by atoms with Crippen LogP contribution in [0.3, 0.4) is 0 Å². The van der Waals surface area contributed by atoms with Gasteiger partial charge < -0.3 is 24.8 Å². The summed E-state index contributed by atoms with van der Waals surface area (Å²) >= 11 is 0. The van der Waals surface area contributed by atoms with Gasteiger partial charge in [-0.1, -0.05) is 43.3 Å². The van der Waals surface area contributed by atoms with E-state index >= 15 is 0 Å². The molecular formula is C31H37N3O5. The van der Waals surface area contributed by atoms with Gasteiger partial charge in [-0.25, -0.2) is 0 Å². The van der Waals surface area contributed by atoms with Gasteiger partial charge in [-0.15, -0.1) is 0 Å². The van der Waals surface area contributed by atoms with Gasteiger partial charge in [0.05, 0.1) is 19.7 Å². The summed E-state index contributed by atoms with van der Waals surface area (Å²) in [5, 5.41) is 16.1. The van der Waals surface area contributed by atoms with Gasteiger partial charge >= 0.3 is 5.97 Å². The summed E-state index contributed by atoms with van der Waals surface area (Å²) in [6.45, 7) is 5.11. The summed E-state index contributed by atoms with van der Waals surface area (Å²) < 4.78 is 11.7. The molecule has 8 heteroatoms. The number of benzene rings is 2. The van der Waals surface area contributed by atoms with Crippen molar-refractivity contribution < 1.29 is 24.2 Å².